The lowest BCUT2D eigenvalue weighted by molar-refractivity contribution is -0.144. The first-order valence-electron chi connectivity index (χ1n) is 5.18. The molecule has 1 rings (SSSR count). The van der Waals surface area contributed by atoms with Gasteiger partial charge in [-0.25, -0.2) is 16.8 Å². The smallest absolute Gasteiger partial charge is 0.309 e. The van der Waals surface area contributed by atoms with Crippen molar-refractivity contribution in [2.75, 3.05) is 24.4 Å². The molecule has 100 valence electrons. The number of carbonyl (C=O) groups excluding carboxylic acids is 1. The van der Waals surface area contributed by atoms with Crippen molar-refractivity contribution in [3.8, 4) is 0 Å². The van der Waals surface area contributed by atoms with Crippen LogP contribution in [0, 0.1) is 5.92 Å². The Kier molecular flexibility index (Phi) is 4.19. The average molecular weight is 284 g/mol. The second-order valence-corrected chi connectivity index (χ2v) is 8.83. The molecule has 1 aliphatic heterocycles. The summed E-state index contributed by atoms with van der Waals surface area (Å²) in [6.07, 6.45) is 0.124. The summed E-state index contributed by atoms with van der Waals surface area (Å²) in [6, 6.07) is 0. The third kappa shape index (κ3) is 3.67. The van der Waals surface area contributed by atoms with E-state index in [1.165, 1.54) is 14.0 Å². The third-order valence-corrected chi connectivity index (χ3v) is 7.15. The van der Waals surface area contributed by atoms with E-state index in [4.69, 9.17) is 0 Å². The van der Waals surface area contributed by atoms with Crippen LogP contribution in [-0.4, -0.2) is 52.4 Å². The maximum absolute atomic E-state index is 11.9. The quantitative estimate of drug-likeness (QED) is 0.640. The van der Waals surface area contributed by atoms with Crippen LogP contribution in [0.4, 0.5) is 0 Å². The lowest BCUT2D eigenvalue weighted by Gasteiger charge is -2.13. The second kappa shape index (κ2) is 4.93. The maximum Gasteiger partial charge on any atom is 0.309 e. The average Bonchev–Trinajstić information content (AvgIpc) is 2.57. The number of rotatable bonds is 4. The van der Waals surface area contributed by atoms with Crippen molar-refractivity contribution in [2.24, 2.45) is 5.92 Å². The van der Waals surface area contributed by atoms with Gasteiger partial charge >= 0.3 is 5.97 Å². The van der Waals surface area contributed by atoms with Crippen LogP contribution >= 0.6 is 0 Å². The minimum absolute atomic E-state index is 0.0937. The van der Waals surface area contributed by atoms with Gasteiger partial charge in [-0.3, -0.25) is 4.79 Å². The predicted molar refractivity (Wildman–Crippen MR) is 62.0 cm³/mol. The molecule has 2 atom stereocenters. The highest BCUT2D eigenvalue weighted by Gasteiger charge is 2.38. The van der Waals surface area contributed by atoms with Crippen LogP contribution in [0.25, 0.3) is 0 Å². The summed E-state index contributed by atoms with van der Waals surface area (Å²) in [5.41, 5.74) is 0. The summed E-state index contributed by atoms with van der Waals surface area (Å²) in [5.74, 6) is -2.16. The molecule has 0 spiro atoms. The standard InChI is InChI=1S/C9H16O6S2/c1-7(9(10)15-2)5-17(13,14)8-3-4-16(11,12)6-8/h7-8H,3-6H2,1-2H3. The molecule has 6 nitrogen and oxygen atoms in total. The molecule has 1 aliphatic rings. The van der Waals surface area contributed by atoms with Crippen molar-refractivity contribution in [3.05, 3.63) is 0 Å². The number of hydrogen-bond acceptors (Lipinski definition) is 6. The molecule has 0 aromatic carbocycles. The van der Waals surface area contributed by atoms with E-state index >= 15 is 0 Å². The minimum Gasteiger partial charge on any atom is -0.469 e. The molecule has 8 heteroatoms. The van der Waals surface area contributed by atoms with Crippen molar-refractivity contribution >= 4 is 25.6 Å². The molecular weight excluding hydrogens is 268 g/mol. The van der Waals surface area contributed by atoms with Gasteiger partial charge in [-0.1, -0.05) is 6.92 Å². The predicted octanol–water partition coefficient (Wildman–Crippen LogP) is -0.603. The van der Waals surface area contributed by atoms with E-state index in [0.29, 0.717) is 0 Å². The number of hydrogen-bond donors (Lipinski definition) is 0. The molecule has 0 radical (unpaired) electrons. The summed E-state index contributed by atoms with van der Waals surface area (Å²) in [4.78, 5) is 11.1. The molecule has 1 saturated heterocycles. The molecule has 0 bridgehead atoms. The number of ether oxygens (including phenoxy) is 1. The molecule has 0 amide bonds. The van der Waals surface area contributed by atoms with Gasteiger partial charge < -0.3 is 4.74 Å². The van der Waals surface area contributed by atoms with E-state index in [-0.39, 0.29) is 23.7 Å². The molecule has 17 heavy (non-hydrogen) atoms. The van der Waals surface area contributed by atoms with Crippen LogP contribution in [0.15, 0.2) is 0 Å². The van der Waals surface area contributed by atoms with Gasteiger partial charge in [0.15, 0.2) is 19.7 Å². The van der Waals surface area contributed by atoms with Crippen LogP contribution < -0.4 is 0 Å². The molecule has 0 aliphatic carbocycles. The zero-order valence-electron chi connectivity index (χ0n) is 9.75. The first-order chi connectivity index (χ1) is 7.68. The normalized spacial score (nSPS) is 25.4. The van der Waals surface area contributed by atoms with Gasteiger partial charge in [0.2, 0.25) is 0 Å². The van der Waals surface area contributed by atoms with Crippen LogP contribution in [0.5, 0.6) is 0 Å². The number of esters is 1. The highest BCUT2D eigenvalue weighted by atomic mass is 32.2. The summed E-state index contributed by atoms with van der Waals surface area (Å²) < 4.78 is 50.6. The molecule has 0 aromatic heterocycles. The van der Waals surface area contributed by atoms with Crippen molar-refractivity contribution in [3.63, 3.8) is 0 Å². The lowest BCUT2D eigenvalue weighted by atomic mass is 10.2. The molecule has 1 fully saturated rings. The van der Waals surface area contributed by atoms with Crippen molar-refractivity contribution in [1.82, 2.24) is 0 Å². The SMILES string of the molecule is COC(=O)C(C)CS(=O)(=O)C1CCS(=O)(=O)C1. The van der Waals surface area contributed by atoms with Crippen LogP contribution in [0.1, 0.15) is 13.3 Å². The van der Waals surface area contributed by atoms with Gasteiger partial charge in [0.25, 0.3) is 0 Å². The highest BCUT2D eigenvalue weighted by molar-refractivity contribution is 7.96. The fourth-order valence-corrected chi connectivity index (χ4v) is 6.52. The fourth-order valence-electron chi connectivity index (χ4n) is 1.80. The molecule has 0 aromatic rings. The Morgan fingerprint density at radius 1 is 1.47 bits per heavy atom. The Hall–Kier alpha value is -0.630. The van der Waals surface area contributed by atoms with E-state index in [9.17, 15) is 21.6 Å². The van der Waals surface area contributed by atoms with E-state index in [2.05, 4.69) is 4.74 Å². The number of sulfone groups is 2. The van der Waals surface area contributed by atoms with E-state index < -0.39 is 36.8 Å². The van der Waals surface area contributed by atoms with Gasteiger partial charge in [0.05, 0.1) is 35.5 Å². The van der Waals surface area contributed by atoms with Crippen LogP contribution in [-0.2, 0) is 29.2 Å². The van der Waals surface area contributed by atoms with Crippen LogP contribution in [0.2, 0.25) is 0 Å². The molecule has 0 N–H and O–H groups in total. The summed E-state index contributed by atoms with van der Waals surface area (Å²) in [6.45, 7) is 1.45. The maximum atomic E-state index is 11.9. The van der Waals surface area contributed by atoms with Crippen molar-refractivity contribution in [1.29, 1.82) is 0 Å². The Balaban J connectivity index is 2.74. The van der Waals surface area contributed by atoms with Gasteiger partial charge in [0.1, 0.15) is 0 Å². The van der Waals surface area contributed by atoms with E-state index in [1.807, 2.05) is 0 Å². The summed E-state index contributed by atoms with van der Waals surface area (Å²) in [5, 5.41) is -0.875. The zero-order valence-corrected chi connectivity index (χ0v) is 11.4. The third-order valence-electron chi connectivity index (χ3n) is 2.78. The van der Waals surface area contributed by atoms with Gasteiger partial charge in [0, 0.05) is 0 Å². The molecule has 1 heterocycles. The largest absolute Gasteiger partial charge is 0.469 e. The minimum atomic E-state index is -3.57. The topological polar surface area (TPSA) is 94.6 Å². The molecule has 2 unspecified atom stereocenters. The van der Waals surface area contributed by atoms with Crippen molar-refractivity contribution < 1.29 is 26.4 Å². The monoisotopic (exact) mass is 284 g/mol. The highest BCUT2D eigenvalue weighted by Crippen LogP contribution is 2.21. The first kappa shape index (κ1) is 14.4. The summed E-state index contributed by atoms with van der Waals surface area (Å²) >= 11 is 0. The Morgan fingerprint density at radius 3 is 2.47 bits per heavy atom. The van der Waals surface area contributed by atoms with E-state index in [1.54, 1.807) is 0 Å². The van der Waals surface area contributed by atoms with Gasteiger partial charge in [-0.15, -0.1) is 0 Å². The van der Waals surface area contributed by atoms with Gasteiger partial charge in [-0.2, -0.15) is 0 Å². The number of carbonyl (C=O) groups is 1. The fraction of sp³-hybridized carbons (Fsp3) is 0.889. The van der Waals surface area contributed by atoms with Crippen LogP contribution in [0.3, 0.4) is 0 Å². The summed E-state index contributed by atoms with van der Waals surface area (Å²) in [7, 11) is -5.61. The van der Waals surface area contributed by atoms with Gasteiger partial charge in [-0.05, 0) is 6.42 Å². The van der Waals surface area contributed by atoms with Crippen molar-refractivity contribution in [2.45, 2.75) is 18.6 Å². The Labute approximate surface area is 101 Å². The second-order valence-electron chi connectivity index (χ2n) is 4.28. The van der Waals surface area contributed by atoms with E-state index in [0.717, 1.165) is 0 Å². The Morgan fingerprint density at radius 2 is 2.06 bits per heavy atom. The number of methoxy groups -OCH3 is 1. The zero-order chi connectivity index (χ0) is 13.3. The Bertz CT molecular complexity index is 490. The lowest BCUT2D eigenvalue weighted by Crippen LogP contribution is -2.31. The molecule has 0 saturated carbocycles. The first-order valence-corrected chi connectivity index (χ1v) is 8.71. The molecular formula is C9H16O6S2.